The first-order valence-corrected chi connectivity index (χ1v) is 7.90. The molecular weight excluding hydrogens is 291 g/mol. The van der Waals surface area contributed by atoms with Gasteiger partial charge in [0.05, 0.1) is 6.54 Å². The Morgan fingerprint density at radius 2 is 2.00 bits per heavy atom. The lowest BCUT2D eigenvalue weighted by Crippen LogP contribution is -2.42. The lowest BCUT2D eigenvalue weighted by Gasteiger charge is -2.23. The van der Waals surface area contributed by atoms with Gasteiger partial charge in [-0.25, -0.2) is 9.18 Å². The molecule has 5 heteroatoms. The molecule has 1 aliphatic carbocycles. The molecule has 2 rings (SSSR count). The van der Waals surface area contributed by atoms with Gasteiger partial charge >= 0.3 is 6.03 Å². The summed E-state index contributed by atoms with van der Waals surface area (Å²) < 4.78 is 13.7. The number of urea groups is 1. The van der Waals surface area contributed by atoms with Gasteiger partial charge in [0, 0.05) is 23.7 Å². The molecular formula is C16H22ClFN2O. The average molecular weight is 313 g/mol. The maximum Gasteiger partial charge on any atom is 0.317 e. The fraction of sp³-hybridized carbons (Fsp3) is 0.562. The second kappa shape index (κ2) is 7.64. The molecule has 2 amide bonds. The standard InChI is InChI=1S/C16H22ClFN2O/c1-20(11-13-14(17)9-6-10-15(13)18)16(21)19-12-7-4-2-3-5-8-12/h6,9-10,12H,2-5,7-8,11H2,1H3,(H,19,21). The van der Waals surface area contributed by atoms with Crippen LogP contribution in [0.1, 0.15) is 44.1 Å². The molecule has 1 N–H and O–H groups in total. The zero-order valence-electron chi connectivity index (χ0n) is 12.4. The molecule has 0 saturated heterocycles. The molecule has 0 spiro atoms. The van der Waals surface area contributed by atoms with Crippen LogP contribution >= 0.6 is 11.6 Å². The third-order valence-corrected chi connectivity index (χ3v) is 4.34. The van der Waals surface area contributed by atoms with Gasteiger partial charge in [0.1, 0.15) is 5.82 Å². The molecule has 21 heavy (non-hydrogen) atoms. The van der Waals surface area contributed by atoms with Crippen LogP contribution in [0.2, 0.25) is 5.02 Å². The number of rotatable bonds is 3. The molecule has 116 valence electrons. The van der Waals surface area contributed by atoms with Crippen LogP contribution in [0.3, 0.4) is 0 Å². The van der Waals surface area contributed by atoms with Gasteiger partial charge in [-0.05, 0) is 25.0 Å². The summed E-state index contributed by atoms with van der Waals surface area (Å²) in [4.78, 5) is 13.7. The molecule has 0 aromatic heterocycles. The number of carbonyl (C=O) groups is 1. The van der Waals surface area contributed by atoms with E-state index in [1.165, 1.54) is 23.8 Å². The number of amides is 2. The number of carbonyl (C=O) groups excluding carboxylic acids is 1. The lowest BCUT2D eigenvalue weighted by atomic mass is 10.1. The molecule has 0 heterocycles. The lowest BCUT2D eigenvalue weighted by molar-refractivity contribution is 0.200. The zero-order valence-corrected chi connectivity index (χ0v) is 13.1. The predicted octanol–water partition coefficient (Wildman–Crippen LogP) is 4.34. The Balaban J connectivity index is 1.93. The highest BCUT2D eigenvalue weighted by atomic mass is 35.5. The van der Waals surface area contributed by atoms with Crippen LogP contribution < -0.4 is 5.32 Å². The molecule has 1 aromatic carbocycles. The zero-order chi connectivity index (χ0) is 15.2. The van der Waals surface area contributed by atoms with E-state index in [1.54, 1.807) is 19.2 Å². The van der Waals surface area contributed by atoms with Crippen LogP contribution in [0.4, 0.5) is 9.18 Å². The Labute approximate surface area is 130 Å². The summed E-state index contributed by atoms with van der Waals surface area (Å²) in [6.07, 6.45) is 6.86. The van der Waals surface area contributed by atoms with E-state index in [-0.39, 0.29) is 24.4 Å². The predicted molar refractivity (Wildman–Crippen MR) is 82.9 cm³/mol. The van der Waals surface area contributed by atoms with Gasteiger partial charge in [-0.2, -0.15) is 0 Å². The summed E-state index contributed by atoms with van der Waals surface area (Å²) in [5.74, 6) is -0.378. The summed E-state index contributed by atoms with van der Waals surface area (Å²) in [6.45, 7) is 0.171. The molecule has 0 unspecified atom stereocenters. The Hall–Kier alpha value is -1.29. The van der Waals surface area contributed by atoms with Crippen molar-refractivity contribution in [2.45, 2.75) is 51.1 Å². The number of nitrogens with zero attached hydrogens (tertiary/aromatic N) is 1. The molecule has 0 atom stereocenters. The van der Waals surface area contributed by atoms with Gasteiger partial charge in [-0.3, -0.25) is 0 Å². The van der Waals surface area contributed by atoms with Crippen LogP contribution in [-0.2, 0) is 6.54 Å². The smallest absolute Gasteiger partial charge is 0.317 e. The van der Waals surface area contributed by atoms with Crippen molar-refractivity contribution in [2.24, 2.45) is 0 Å². The molecule has 3 nitrogen and oxygen atoms in total. The normalized spacial score (nSPS) is 16.3. The van der Waals surface area contributed by atoms with Gasteiger partial charge in [0.15, 0.2) is 0 Å². The van der Waals surface area contributed by atoms with Crippen molar-refractivity contribution in [1.29, 1.82) is 0 Å². The topological polar surface area (TPSA) is 32.3 Å². The first-order valence-electron chi connectivity index (χ1n) is 7.52. The van der Waals surface area contributed by atoms with E-state index >= 15 is 0 Å². The molecule has 0 radical (unpaired) electrons. The van der Waals surface area contributed by atoms with Crippen molar-refractivity contribution in [3.63, 3.8) is 0 Å². The molecule has 1 aromatic rings. The molecule has 1 aliphatic rings. The summed E-state index contributed by atoms with van der Waals surface area (Å²) >= 11 is 5.99. The van der Waals surface area contributed by atoms with Crippen LogP contribution in [-0.4, -0.2) is 24.0 Å². The molecule has 0 aliphatic heterocycles. The molecule has 1 saturated carbocycles. The monoisotopic (exact) mass is 312 g/mol. The first-order chi connectivity index (χ1) is 10.1. The van der Waals surface area contributed by atoms with E-state index in [0.717, 1.165) is 25.7 Å². The largest absolute Gasteiger partial charge is 0.335 e. The number of hydrogen-bond donors (Lipinski definition) is 1. The van der Waals surface area contributed by atoms with E-state index in [1.807, 2.05) is 0 Å². The summed E-state index contributed by atoms with van der Waals surface area (Å²) in [7, 11) is 1.66. The summed E-state index contributed by atoms with van der Waals surface area (Å²) in [5, 5.41) is 3.39. The molecule has 1 fully saturated rings. The third-order valence-electron chi connectivity index (χ3n) is 3.99. The second-order valence-electron chi connectivity index (χ2n) is 5.69. The summed E-state index contributed by atoms with van der Waals surface area (Å²) in [6, 6.07) is 4.63. The van der Waals surface area contributed by atoms with E-state index in [0.29, 0.717) is 10.6 Å². The fourth-order valence-electron chi connectivity index (χ4n) is 2.70. The van der Waals surface area contributed by atoms with Gasteiger partial charge in [0.2, 0.25) is 0 Å². The van der Waals surface area contributed by atoms with E-state index in [2.05, 4.69) is 5.32 Å². The average Bonchev–Trinajstić information content (AvgIpc) is 2.71. The van der Waals surface area contributed by atoms with E-state index < -0.39 is 0 Å². The number of nitrogens with one attached hydrogen (secondary N) is 1. The number of hydrogen-bond acceptors (Lipinski definition) is 1. The van der Waals surface area contributed by atoms with Crippen LogP contribution in [0.25, 0.3) is 0 Å². The Morgan fingerprint density at radius 3 is 2.62 bits per heavy atom. The van der Waals surface area contributed by atoms with Gasteiger partial charge in [0.25, 0.3) is 0 Å². The van der Waals surface area contributed by atoms with Gasteiger partial charge < -0.3 is 10.2 Å². The second-order valence-corrected chi connectivity index (χ2v) is 6.10. The maximum absolute atomic E-state index is 13.7. The highest BCUT2D eigenvalue weighted by molar-refractivity contribution is 6.31. The minimum absolute atomic E-state index is 0.166. The van der Waals surface area contributed by atoms with Crippen molar-refractivity contribution in [3.8, 4) is 0 Å². The van der Waals surface area contributed by atoms with E-state index in [4.69, 9.17) is 11.6 Å². The number of benzene rings is 1. The summed E-state index contributed by atoms with van der Waals surface area (Å²) in [5.41, 5.74) is 0.359. The van der Waals surface area contributed by atoms with Crippen molar-refractivity contribution in [2.75, 3.05) is 7.05 Å². The van der Waals surface area contributed by atoms with Crippen molar-refractivity contribution < 1.29 is 9.18 Å². The SMILES string of the molecule is CN(Cc1c(F)cccc1Cl)C(=O)NC1CCCCCC1. The third kappa shape index (κ3) is 4.60. The van der Waals surface area contributed by atoms with Gasteiger partial charge in [-0.15, -0.1) is 0 Å². The fourth-order valence-corrected chi connectivity index (χ4v) is 2.92. The first kappa shape index (κ1) is 16.1. The van der Waals surface area contributed by atoms with Crippen molar-refractivity contribution in [3.05, 3.63) is 34.6 Å². The minimum Gasteiger partial charge on any atom is -0.335 e. The van der Waals surface area contributed by atoms with Crippen LogP contribution in [0, 0.1) is 5.82 Å². The Morgan fingerprint density at radius 1 is 1.33 bits per heavy atom. The van der Waals surface area contributed by atoms with Gasteiger partial charge in [-0.1, -0.05) is 43.4 Å². The van der Waals surface area contributed by atoms with E-state index in [9.17, 15) is 9.18 Å². The molecule has 0 bridgehead atoms. The Kier molecular flexibility index (Phi) is 5.85. The highest BCUT2D eigenvalue weighted by Gasteiger charge is 2.18. The maximum atomic E-state index is 13.7. The quantitative estimate of drug-likeness (QED) is 0.827. The van der Waals surface area contributed by atoms with Crippen LogP contribution in [0.15, 0.2) is 18.2 Å². The van der Waals surface area contributed by atoms with Crippen LogP contribution in [0.5, 0.6) is 0 Å². The van der Waals surface area contributed by atoms with Crippen molar-refractivity contribution in [1.82, 2.24) is 10.2 Å². The highest BCUT2D eigenvalue weighted by Crippen LogP contribution is 2.21. The van der Waals surface area contributed by atoms with Crippen molar-refractivity contribution >= 4 is 17.6 Å². The number of halogens is 2. The Bertz CT molecular complexity index is 467. The minimum atomic E-state index is -0.378.